The molecule has 214 valence electrons. The van der Waals surface area contributed by atoms with Gasteiger partial charge in [0.15, 0.2) is 11.0 Å². The van der Waals surface area contributed by atoms with Crippen LogP contribution in [0.25, 0.3) is 5.69 Å². The molecule has 0 aliphatic carbocycles. The van der Waals surface area contributed by atoms with Gasteiger partial charge in [-0.05, 0) is 65.6 Å². The number of hydrogen-bond donors (Lipinski definition) is 2. The number of rotatable bonds is 8. The predicted molar refractivity (Wildman–Crippen MR) is 148 cm³/mol. The molecular weight excluding hydrogens is 558 g/mol. The Morgan fingerprint density at radius 1 is 0.902 bits per heavy atom. The molecular formula is C29H27F4N5O2S. The minimum atomic E-state index is -4.58. The van der Waals surface area contributed by atoms with Crippen LogP contribution in [0, 0.1) is 5.82 Å². The third-order valence-corrected chi connectivity index (χ3v) is 6.94. The third-order valence-electron chi connectivity index (χ3n) is 6.01. The van der Waals surface area contributed by atoms with Gasteiger partial charge in [-0.15, -0.1) is 10.2 Å². The van der Waals surface area contributed by atoms with Gasteiger partial charge in [-0.1, -0.05) is 50.7 Å². The molecule has 0 aliphatic rings. The van der Waals surface area contributed by atoms with E-state index in [-0.39, 0.29) is 34.4 Å². The molecule has 2 amide bonds. The molecule has 4 aromatic rings. The Balaban J connectivity index is 1.55. The average molecular weight is 586 g/mol. The number of alkyl halides is 3. The first-order valence-corrected chi connectivity index (χ1v) is 13.5. The Bertz CT molecular complexity index is 1530. The molecule has 0 spiro atoms. The van der Waals surface area contributed by atoms with E-state index in [0.717, 1.165) is 29.5 Å². The highest BCUT2D eigenvalue weighted by Gasteiger charge is 2.31. The van der Waals surface area contributed by atoms with Gasteiger partial charge in [0, 0.05) is 11.3 Å². The van der Waals surface area contributed by atoms with Gasteiger partial charge in [0.25, 0.3) is 5.91 Å². The number of nitrogens with one attached hydrogen (secondary N) is 2. The molecule has 0 bridgehead atoms. The molecule has 4 rings (SSSR count). The zero-order valence-electron chi connectivity index (χ0n) is 22.4. The molecule has 0 saturated heterocycles. The van der Waals surface area contributed by atoms with Crippen molar-refractivity contribution in [1.82, 2.24) is 20.1 Å². The molecule has 0 radical (unpaired) electrons. The fourth-order valence-corrected chi connectivity index (χ4v) is 4.60. The molecule has 12 heteroatoms. The summed E-state index contributed by atoms with van der Waals surface area (Å²) in [5.41, 5.74) is 1.02. The number of halogens is 4. The number of amides is 2. The number of carbonyl (C=O) groups is 2. The summed E-state index contributed by atoms with van der Waals surface area (Å²) in [4.78, 5) is 25.3. The summed E-state index contributed by atoms with van der Waals surface area (Å²) in [6, 6.07) is 17.0. The van der Waals surface area contributed by atoms with E-state index in [1.165, 1.54) is 41.0 Å². The molecule has 0 atom stereocenters. The van der Waals surface area contributed by atoms with Crippen LogP contribution in [0.3, 0.4) is 0 Å². The minimum Gasteiger partial charge on any atom is -0.345 e. The monoisotopic (exact) mass is 585 g/mol. The highest BCUT2D eigenvalue weighted by Crippen LogP contribution is 2.32. The standard InChI is InChI=1S/C29H27F4N5O2S/c1-28(2,3)19-9-7-18(8-10-19)26(40)34-16-24-36-37-27(38(24)23-6-4-5-20(15-23)29(31,32)33)41-17-25(39)35-22-13-11-21(30)12-14-22/h4-15H,16-17H2,1-3H3,(H,34,40)(H,35,39). The normalized spacial score (nSPS) is 11.8. The Hall–Kier alpha value is -4.19. The van der Waals surface area contributed by atoms with Crippen LogP contribution in [0.4, 0.5) is 23.2 Å². The van der Waals surface area contributed by atoms with Crippen molar-refractivity contribution in [3.63, 3.8) is 0 Å². The van der Waals surface area contributed by atoms with Crippen molar-refractivity contribution in [2.45, 2.75) is 44.1 Å². The number of anilines is 1. The van der Waals surface area contributed by atoms with E-state index in [4.69, 9.17) is 0 Å². The summed E-state index contributed by atoms with van der Waals surface area (Å²) in [5, 5.41) is 13.7. The van der Waals surface area contributed by atoms with Gasteiger partial charge in [-0.25, -0.2) is 4.39 Å². The predicted octanol–water partition coefficient (Wildman–Crippen LogP) is 6.38. The second kappa shape index (κ2) is 12.1. The van der Waals surface area contributed by atoms with Gasteiger partial charge in [0.1, 0.15) is 5.82 Å². The van der Waals surface area contributed by atoms with E-state index >= 15 is 0 Å². The van der Waals surface area contributed by atoms with Crippen LogP contribution < -0.4 is 10.6 Å². The van der Waals surface area contributed by atoms with Crippen molar-refractivity contribution in [2.24, 2.45) is 0 Å². The number of carbonyl (C=O) groups excluding carboxylic acids is 2. The number of hydrogen-bond acceptors (Lipinski definition) is 5. The van der Waals surface area contributed by atoms with Crippen molar-refractivity contribution < 1.29 is 27.2 Å². The maximum Gasteiger partial charge on any atom is 0.416 e. The molecule has 2 N–H and O–H groups in total. The Labute approximate surface area is 238 Å². The second-order valence-corrected chi connectivity index (χ2v) is 11.1. The summed E-state index contributed by atoms with van der Waals surface area (Å²) >= 11 is 0.950. The van der Waals surface area contributed by atoms with Crippen molar-refractivity contribution in [3.05, 3.63) is 101 Å². The van der Waals surface area contributed by atoms with E-state index < -0.39 is 29.4 Å². The van der Waals surface area contributed by atoms with Gasteiger partial charge in [-0.2, -0.15) is 13.2 Å². The van der Waals surface area contributed by atoms with Crippen LogP contribution in [0.1, 0.15) is 48.1 Å². The van der Waals surface area contributed by atoms with E-state index in [9.17, 15) is 27.2 Å². The lowest BCUT2D eigenvalue weighted by molar-refractivity contribution is -0.137. The Morgan fingerprint density at radius 2 is 1.59 bits per heavy atom. The average Bonchev–Trinajstić information content (AvgIpc) is 3.34. The summed E-state index contributed by atoms with van der Waals surface area (Å²) in [6.45, 7) is 6.05. The minimum absolute atomic E-state index is 0.0830. The second-order valence-electron chi connectivity index (χ2n) is 10.1. The summed E-state index contributed by atoms with van der Waals surface area (Å²) in [6.07, 6.45) is -4.58. The lowest BCUT2D eigenvalue weighted by Crippen LogP contribution is -2.25. The summed E-state index contributed by atoms with van der Waals surface area (Å²) in [7, 11) is 0. The molecule has 41 heavy (non-hydrogen) atoms. The lowest BCUT2D eigenvalue weighted by Gasteiger charge is -2.19. The molecule has 1 heterocycles. The van der Waals surface area contributed by atoms with Crippen LogP contribution >= 0.6 is 11.8 Å². The van der Waals surface area contributed by atoms with Crippen LogP contribution in [-0.4, -0.2) is 32.3 Å². The van der Waals surface area contributed by atoms with Crippen LogP contribution in [0.2, 0.25) is 0 Å². The molecule has 0 saturated carbocycles. The fourth-order valence-electron chi connectivity index (χ4n) is 3.83. The van der Waals surface area contributed by atoms with Crippen LogP contribution in [-0.2, 0) is 22.9 Å². The third kappa shape index (κ3) is 7.72. The summed E-state index contributed by atoms with van der Waals surface area (Å²) in [5.74, 6) is -1.26. The zero-order chi connectivity index (χ0) is 29.8. The van der Waals surface area contributed by atoms with E-state index in [1.54, 1.807) is 12.1 Å². The maximum atomic E-state index is 13.5. The lowest BCUT2D eigenvalue weighted by atomic mass is 9.87. The Morgan fingerprint density at radius 3 is 2.22 bits per heavy atom. The van der Waals surface area contributed by atoms with Crippen LogP contribution in [0.5, 0.6) is 0 Å². The number of thioether (sulfide) groups is 1. The highest BCUT2D eigenvalue weighted by atomic mass is 32.2. The number of aromatic nitrogens is 3. The number of benzene rings is 3. The molecule has 0 fully saturated rings. The van der Waals surface area contributed by atoms with Crippen molar-refractivity contribution in [2.75, 3.05) is 11.1 Å². The van der Waals surface area contributed by atoms with Crippen LogP contribution in [0.15, 0.2) is 78.0 Å². The molecule has 3 aromatic carbocycles. The van der Waals surface area contributed by atoms with Crippen molar-refractivity contribution in [1.29, 1.82) is 0 Å². The topological polar surface area (TPSA) is 88.9 Å². The molecule has 1 aromatic heterocycles. The quantitative estimate of drug-likeness (QED) is 0.185. The fraction of sp³-hybridized carbons (Fsp3) is 0.241. The van der Waals surface area contributed by atoms with Gasteiger partial charge >= 0.3 is 6.18 Å². The van der Waals surface area contributed by atoms with Crippen molar-refractivity contribution >= 4 is 29.3 Å². The van der Waals surface area contributed by atoms with E-state index in [2.05, 4.69) is 41.6 Å². The van der Waals surface area contributed by atoms with E-state index in [0.29, 0.717) is 11.3 Å². The maximum absolute atomic E-state index is 13.5. The first kappa shape index (κ1) is 29.8. The summed E-state index contributed by atoms with van der Waals surface area (Å²) < 4.78 is 54.9. The molecule has 7 nitrogen and oxygen atoms in total. The first-order chi connectivity index (χ1) is 19.3. The van der Waals surface area contributed by atoms with Gasteiger partial charge in [0.05, 0.1) is 23.5 Å². The smallest absolute Gasteiger partial charge is 0.345 e. The van der Waals surface area contributed by atoms with Crippen molar-refractivity contribution in [3.8, 4) is 5.69 Å². The van der Waals surface area contributed by atoms with Gasteiger partial charge in [0.2, 0.25) is 5.91 Å². The molecule has 0 aliphatic heterocycles. The first-order valence-electron chi connectivity index (χ1n) is 12.5. The van der Waals surface area contributed by atoms with Gasteiger partial charge in [-0.3, -0.25) is 14.2 Å². The Kier molecular flexibility index (Phi) is 8.81. The SMILES string of the molecule is CC(C)(C)c1ccc(C(=O)NCc2nnc(SCC(=O)Nc3ccc(F)cc3)n2-c2cccc(C(F)(F)F)c2)cc1. The highest BCUT2D eigenvalue weighted by molar-refractivity contribution is 7.99. The van der Waals surface area contributed by atoms with Gasteiger partial charge < -0.3 is 10.6 Å². The van der Waals surface area contributed by atoms with E-state index in [1.807, 2.05) is 12.1 Å². The largest absolute Gasteiger partial charge is 0.416 e. The molecule has 0 unspecified atom stereocenters. The zero-order valence-corrected chi connectivity index (χ0v) is 23.2. The number of nitrogens with zero attached hydrogens (tertiary/aromatic N) is 3.